The number of nitrogens with zero attached hydrogens (tertiary/aromatic N) is 6. The number of nitrogens with one attached hydrogen (secondary N) is 1. The summed E-state index contributed by atoms with van der Waals surface area (Å²) >= 11 is 0. The van der Waals surface area contributed by atoms with E-state index in [0.29, 0.717) is 49.8 Å². The lowest BCUT2D eigenvalue weighted by Gasteiger charge is -2.47. The van der Waals surface area contributed by atoms with Crippen molar-refractivity contribution in [2.45, 2.75) is 50.5 Å². The van der Waals surface area contributed by atoms with Crippen LogP contribution < -0.4 is 5.43 Å². The van der Waals surface area contributed by atoms with E-state index >= 15 is 0 Å². The summed E-state index contributed by atoms with van der Waals surface area (Å²) in [5.74, 6) is -0.852. The molecule has 1 aromatic rings. The van der Waals surface area contributed by atoms with Crippen molar-refractivity contribution in [1.29, 1.82) is 5.26 Å². The number of dihydropyridines is 1. The molecule has 0 radical (unpaired) electrons. The third-order valence-corrected chi connectivity index (χ3v) is 8.91. The van der Waals surface area contributed by atoms with Crippen LogP contribution in [0.15, 0.2) is 50.9 Å². The maximum Gasteiger partial charge on any atom is 0.409 e. The van der Waals surface area contributed by atoms with Crippen molar-refractivity contribution in [3.05, 3.63) is 36.0 Å². The molecule has 0 saturated carbocycles. The van der Waals surface area contributed by atoms with E-state index < -0.39 is 27.4 Å². The minimum atomic E-state index is -3.60. The van der Waals surface area contributed by atoms with Gasteiger partial charge in [0.05, 0.1) is 40.9 Å². The van der Waals surface area contributed by atoms with Crippen molar-refractivity contribution in [1.82, 2.24) is 19.6 Å². The highest BCUT2D eigenvalue weighted by Crippen LogP contribution is 2.40. The topological polar surface area (TPSA) is 148 Å². The van der Waals surface area contributed by atoms with E-state index in [1.165, 1.54) is 32.4 Å². The Morgan fingerprint density at radius 1 is 1.25 bits per heavy atom. The van der Waals surface area contributed by atoms with Gasteiger partial charge < -0.3 is 9.64 Å². The molecule has 3 aliphatic heterocycles. The second kappa shape index (κ2) is 11.0. The first kappa shape index (κ1) is 29.2. The third kappa shape index (κ3) is 5.88. The molecule has 4 rings (SSSR count). The summed E-state index contributed by atoms with van der Waals surface area (Å²) in [6, 6.07) is 8.35. The fraction of sp³-hybridized carbons (Fsp3) is 0.519. The summed E-state index contributed by atoms with van der Waals surface area (Å²) in [5, 5.41) is 11.6. The van der Waals surface area contributed by atoms with Gasteiger partial charge in [0.15, 0.2) is 0 Å². The molecule has 3 heterocycles. The average molecular weight is 570 g/mol. The van der Waals surface area contributed by atoms with Crippen molar-refractivity contribution in [3.63, 3.8) is 0 Å². The second-order valence-electron chi connectivity index (χ2n) is 11.5. The molecule has 40 heavy (non-hydrogen) atoms. The van der Waals surface area contributed by atoms with E-state index in [-0.39, 0.29) is 22.8 Å². The zero-order chi connectivity index (χ0) is 29.3. The van der Waals surface area contributed by atoms with Crippen molar-refractivity contribution in [2.24, 2.45) is 21.3 Å². The van der Waals surface area contributed by atoms with Gasteiger partial charge in [-0.15, -0.1) is 0 Å². The lowest BCUT2D eigenvalue weighted by molar-refractivity contribution is -0.119. The maximum atomic E-state index is 12.9. The second-order valence-corrected chi connectivity index (χ2v) is 13.7. The molecule has 1 N–H and O–H groups in total. The van der Waals surface area contributed by atoms with Crippen LogP contribution in [0.3, 0.4) is 0 Å². The van der Waals surface area contributed by atoms with Crippen LogP contribution in [0, 0.1) is 22.7 Å². The van der Waals surface area contributed by atoms with Crippen LogP contribution in [0.5, 0.6) is 0 Å². The Morgan fingerprint density at radius 2 is 1.90 bits per heavy atom. The fourth-order valence-electron chi connectivity index (χ4n) is 4.81. The molecule has 3 aliphatic rings. The normalized spacial score (nSPS) is 21.6. The first-order valence-electron chi connectivity index (χ1n) is 13.0. The molecule has 0 aliphatic carbocycles. The lowest BCUT2D eigenvalue weighted by atomic mass is 9.83. The average Bonchev–Trinajstić information content (AvgIpc) is 3.28. The minimum Gasteiger partial charge on any atom is -0.449 e. The molecule has 1 aromatic carbocycles. The number of hydrogen-bond acceptors (Lipinski definition) is 8. The highest BCUT2D eigenvalue weighted by molar-refractivity contribution is 7.89. The number of carbonyl (C=O) groups is 2. The summed E-state index contributed by atoms with van der Waals surface area (Å²) in [6.45, 7) is 7.05. The predicted octanol–water partition coefficient (Wildman–Crippen LogP) is 2.83. The number of aliphatic imine (C=N–C) groups is 2. The van der Waals surface area contributed by atoms with Crippen LogP contribution in [0.4, 0.5) is 10.5 Å². The Balaban J connectivity index is 1.59. The van der Waals surface area contributed by atoms with Crippen LogP contribution in [0.1, 0.15) is 40.0 Å². The number of rotatable bonds is 6. The van der Waals surface area contributed by atoms with Crippen molar-refractivity contribution in [2.75, 3.05) is 33.8 Å². The molecule has 1 unspecified atom stereocenters. The smallest absolute Gasteiger partial charge is 0.409 e. The van der Waals surface area contributed by atoms with E-state index in [1.807, 2.05) is 25.8 Å². The van der Waals surface area contributed by atoms with E-state index in [4.69, 9.17) is 4.74 Å². The highest BCUT2D eigenvalue weighted by Gasteiger charge is 2.50. The summed E-state index contributed by atoms with van der Waals surface area (Å²) in [6.07, 6.45) is 3.89. The van der Waals surface area contributed by atoms with Crippen LogP contribution >= 0.6 is 0 Å². The van der Waals surface area contributed by atoms with Gasteiger partial charge in [-0.2, -0.15) is 5.26 Å². The molecule has 0 bridgehead atoms. The highest BCUT2D eigenvalue weighted by atomic mass is 32.2. The molecule has 1 atom stereocenters. The quantitative estimate of drug-likeness (QED) is 0.550. The van der Waals surface area contributed by atoms with E-state index in [9.17, 15) is 23.3 Å². The summed E-state index contributed by atoms with van der Waals surface area (Å²) in [5.41, 5.74) is 3.49. The van der Waals surface area contributed by atoms with Gasteiger partial charge in [-0.3, -0.25) is 15.2 Å². The number of amides is 2. The number of hydrogen-bond donors (Lipinski definition) is 1. The lowest BCUT2D eigenvalue weighted by Crippen LogP contribution is -2.58. The summed E-state index contributed by atoms with van der Waals surface area (Å²) in [4.78, 5) is 35.9. The number of sulfonamides is 1. The summed E-state index contributed by atoms with van der Waals surface area (Å²) < 4.78 is 31.5. The fourth-order valence-corrected chi connectivity index (χ4v) is 5.72. The number of likely N-dealkylation sites (tertiary alicyclic amines) is 1. The summed E-state index contributed by atoms with van der Waals surface area (Å²) in [7, 11) is -0.681. The molecule has 2 amide bonds. The number of ether oxygens (including phenoxy) is 1. The van der Waals surface area contributed by atoms with Gasteiger partial charge in [0, 0.05) is 33.4 Å². The third-order valence-electron chi connectivity index (χ3n) is 7.08. The number of nitriles is 1. The van der Waals surface area contributed by atoms with Gasteiger partial charge in [0.1, 0.15) is 11.8 Å². The Morgan fingerprint density at radius 3 is 2.48 bits per heavy atom. The first-order valence-corrected chi connectivity index (χ1v) is 14.5. The zero-order valence-electron chi connectivity index (χ0n) is 23.4. The Hall–Kier alpha value is -3.76. The molecule has 2 fully saturated rings. The number of piperidine rings is 1. The number of benzene rings is 1. The van der Waals surface area contributed by atoms with Crippen LogP contribution in [0.2, 0.25) is 0 Å². The maximum absolute atomic E-state index is 12.9. The molecule has 214 valence electrons. The number of amidine groups is 1. The SMILES string of the molecule is CN(C)S(=O)(=O)c1ccc(N=C2NN(C3(CC#N)CCN(C(=O)OCC(C)(C)C)CC3)C3=CC=NC(=O)C32)cc1. The Kier molecular flexibility index (Phi) is 8.05. The predicted molar refractivity (Wildman–Crippen MR) is 149 cm³/mol. The molecule has 2 saturated heterocycles. The number of carbonyl (C=O) groups excluding carboxylic acids is 2. The largest absolute Gasteiger partial charge is 0.449 e. The molecule has 12 nitrogen and oxygen atoms in total. The first-order chi connectivity index (χ1) is 18.8. The van der Waals surface area contributed by atoms with Crippen LogP contribution in [0.25, 0.3) is 0 Å². The van der Waals surface area contributed by atoms with Crippen molar-refractivity contribution < 1.29 is 22.7 Å². The molecule has 0 aromatic heterocycles. The van der Waals surface area contributed by atoms with Crippen molar-refractivity contribution in [3.8, 4) is 6.07 Å². The van der Waals surface area contributed by atoms with E-state index in [2.05, 4.69) is 21.5 Å². The van der Waals surface area contributed by atoms with Gasteiger partial charge in [-0.25, -0.2) is 27.5 Å². The Labute approximate surface area is 235 Å². The van der Waals surface area contributed by atoms with Gasteiger partial charge in [-0.05, 0) is 48.6 Å². The monoisotopic (exact) mass is 569 g/mol. The zero-order valence-corrected chi connectivity index (χ0v) is 24.2. The molecule has 0 spiro atoms. The van der Waals surface area contributed by atoms with E-state index in [1.54, 1.807) is 23.1 Å². The van der Waals surface area contributed by atoms with Gasteiger partial charge in [0.2, 0.25) is 10.0 Å². The van der Waals surface area contributed by atoms with Gasteiger partial charge >= 0.3 is 6.09 Å². The van der Waals surface area contributed by atoms with Gasteiger partial charge in [-0.1, -0.05) is 20.8 Å². The van der Waals surface area contributed by atoms with Crippen LogP contribution in [-0.4, -0.2) is 86.0 Å². The van der Waals surface area contributed by atoms with Gasteiger partial charge in [0.25, 0.3) is 5.91 Å². The number of allylic oxidation sites excluding steroid dienone is 1. The number of fused-ring (bicyclic) bond motifs is 1. The standard InChI is InChI=1S/C27H35N7O5S/c1-26(2,3)18-39-25(36)33-16-12-27(11-14-28,13-17-33)34-21-10-15-29-24(35)22(21)23(31-34)30-19-6-8-20(9-7-19)40(37,38)32(4)5/h6-10,15,22H,11-13,16-18H2,1-5H3,(H,30,31). The molecule has 13 heteroatoms. The van der Waals surface area contributed by atoms with E-state index in [0.717, 1.165) is 4.31 Å². The minimum absolute atomic E-state index is 0.127. The van der Waals surface area contributed by atoms with Crippen LogP contribution in [-0.2, 0) is 19.6 Å². The van der Waals surface area contributed by atoms with Crippen molar-refractivity contribution >= 4 is 39.8 Å². The molecular formula is C27H35N7O5S. The molecular weight excluding hydrogens is 534 g/mol. The number of hydrazine groups is 1. The Bertz CT molecular complexity index is 1390.